The van der Waals surface area contributed by atoms with Crippen LogP contribution < -0.4 is 10.2 Å². The molecule has 2 fully saturated rings. The number of rotatable bonds is 6. The second-order valence-electron chi connectivity index (χ2n) is 8.73. The maximum atomic E-state index is 12.6. The van der Waals surface area contributed by atoms with Crippen LogP contribution in [0.2, 0.25) is 0 Å². The molecule has 2 aliphatic heterocycles. The van der Waals surface area contributed by atoms with E-state index in [0.717, 1.165) is 30.9 Å². The van der Waals surface area contributed by atoms with Crippen molar-refractivity contribution in [2.75, 3.05) is 24.5 Å². The first-order valence-corrected chi connectivity index (χ1v) is 11.1. The molecule has 6 heteroatoms. The number of anilines is 1. The van der Waals surface area contributed by atoms with Gasteiger partial charge in [0, 0.05) is 44.8 Å². The van der Waals surface area contributed by atoms with Crippen LogP contribution in [-0.4, -0.2) is 48.6 Å². The maximum absolute atomic E-state index is 12.6. The van der Waals surface area contributed by atoms with E-state index in [1.54, 1.807) is 4.90 Å². The van der Waals surface area contributed by atoms with E-state index in [2.05, 4.69) is 48.3 Å². The van der Waals surface area contributed by atoms with Gasteiger partial charge in [-0.05, 0) is 37.1 Å². The topological polar surface area (TPSA) is 61.9 Å². The number of carbonyl (C=O) groups excluding carboxylic acids is 2. The molecule has 2 aliphatic rings. The molecule has 0 saturated carbocycles. The predicted molar refractivity (Wildman–Crippen MR) is 120 cm³/mol. The third kappa shape index (κ3) is 5.51. The minimum absolute atomic E-state index is 0.00227. The summed E-state index contributed by atoms with van der Waals surface area (Å²) in [4.78, 5) is 29.1. The number of hydrogen-bond acceptors (Lipinski definition) is 4. The van der Waals surface area contributed by atoms with Gasteiger partial charge in [-0.15, -0.1) is 0 Å². The number of para-hydroxylation sites is 1. The molecule has 1 N–H and O–H groups in total. The van der Waals surface area contributed by atoms with Crippen LogP contribution in [0.15, 0.2) is 54.6 Å². The predicted octanol–water partition coefficient (Wildman–Crippen LogP) is 2.97. The number of nitrogens with zero attached hydrogens (tertiary/aromatic N) is 2. The Labute approximate surface area is 184 Å². The zero-order chi connectivity index (χ0) is 21.8. The first-order valence-electron chi connectivity index (χ1n) is 11.1. The van der Waals surface area contributed by atoms with Crippen molar-refractivity contribution in [3.05, 3.63) is 65.7 Å². The Morgan fingerprint density at radius 2 is 1.61 bits per heavy atom. The fraction of sp³-hybridized carbons (Fsp3) is 0.440. The summed E-state index contributed by atoms with van der Waals surface area (Å²) in [5.41, 5.74) is 3.17. The Morgan fingerprint density at radius 1 is 0.968 bits per heavy atom. The summed E-state index contributed by atoms with van der Waals surface area (Å²) < 4.78 is 5.80. The molecule has 6 nitrogen and oxygen atoms in total. The first kappa shape index (κ1) is 21.5. The number of ether oxygens (including phenoxy) is 1. The Bertz CT molecular complexity index is 890. The van der Waals surface area contributed by atoms with Crippen LogP contribution in [0.4, 0.5) is 5.69 Å². The summed E-state index contributed by atoms with van der Waals surface area (Å²) in [5.74, 6) is -0.369. The lowest BCUT2D eigenvalue weighted by molar-refractivity contribution is -0.126. The SMILES string of the molecule is CC1CN(Cc2ccc(CNC(=O)C3CC(=O)N(c4ccccc4)C3)cc2)CC(C)O1. The van der Waals surface area contributed by atoms with Gasteiger partial charge in [0.25, 0.3) is 0 Å². The molecule has 0 radical (unpaired) electrons. The number of nitrogens with one attached hydrogen (secondary N) is 1. The Morgan fingerprint density at radius 3 is 2.29 bits per heavy atom. The normalized spacial score (nSPS) is 24.4. The van der Waals surface area contributed by atoms with Crippen LogP contribution in [0.1, 0.15) is 31.4 Å². The van der Waals surface area contributed by atoms with Crippen molar-refractivity contribution in [3.63, 3.8) is 0 Å². The minimum atomic E-state index is -0.308. The zero-order valence-corrected chi connectivity index (χ0v) is 18.3. The lowest BCUT2D eigenvalue weighted by atomic mass is 10.1. The van der Waals surface area contributed by atoms with Gasteiger partial charge in [-0.1, -0.05) is 42.5 Å². The quantitative estimate of drug-likeness (QED) is 0.779. The third-order valence-corrected chi connectivity index (χ3v) is 5.95. The van der Waals surface area contributed by atoms with E-state index < -0.39 is 0 Å². The summed E-state index contributed by atoms with van der Waals surface area (Å²) in [6, 6.07) is 17.9. The molecule has 3 unspecified atom stereocenters. The molecule has 2 amide bonds. The lowest BCUT2D eigenvalue weighted by Crippen LogP contribution is -2.44. The Kier molecular flexibility index (Phi) is 6.68. The molecular weight excluding hydrogens is 390 g/mol. The standard InChI is InChI=1S/C25H31N3O3/c1-18-14-27(15-19(2)31-18)16-21-10-8-20(9-11-21)13-26-25(30)22-12-24(29)28(17-22)23-6-4-3-5-7-23/h3-11,18-19,22H,12-17H2,1-2H3,(H,26,30). The molecule has 2 saturated heterocycles. The number of benzene rings is 2. The van der Waals surface area contributed by atoms with Gasteiger partial charge in [-0.2, -0.15) is 0 Å². The van der Waals surface area contributed by atoms with Gasteiger partial charge < -0.3 is 15.0 Å². The lowest BCUT2D eigenvalue weighted by Gasteiger charge is -2.35. The zero-order valence-electron chi connectivity index (χ0n) is 18.3. The summed E-state index contributed by atoms with van der Waals surface area (Å²) in [7, 11) is 0. The molecule has 2 aromatic rings. The largest absolute Gasteiger partial charge is 0.373 e. The molecule has 0 spiro atoms. The Hall–Kier alpha value is -2.70. The van der Waals surface area contributed by atoms with Gasteiger partial charge >= 0.3 is 0 Å². The minimum Gasteiger partial charge on any atom is -0.373 e. The van der Waals surface area contributed by atoms with Gasteiger partial charge in [0.1, 0.15) is 0 Å². The Balaban J connectivity index is 1.26. The molecule has 164 valence electrons. The van der Waals surface area contributed by atoms with Crippen molar-refractivity contribution in [1.29, 1.82) is 0 Å². The summed E-state index contributed by atoms with van der Waals surface area (Å²) in [6.07, 6.45) is 0.785. The van der Waals surface area contributed by atoms with Gasteiger partial charge in [0.2, 0.25) is 11.8 Å². The van der Waals surface area contributed by atoms with E-state index in [4.69, 9.17) is 4.74 Å². The highest BCUT2D eigenvalue weighted by Crippen LogP contribution is 2.25. The van der Waals surface area contributed by atoms with Gasteiger partial charge in [0.05, 0.1) is 18.1 Å². The van der Waals surface area contributed by atoms with E-state index in [1.807, 2.05) is 30.3 Å². The van der Waals surface area contributed by atoms with Crippen molar-refractivity contribution in [2.45, 2.75) is 45.6 Å². The maximum Gasteiger partial charge on any atom is 0.227 e. The summed E-state index contributed by atoms with van der Waals surface area (Å²) in [6.45, 7) is 7.94. The second-order valence-corrected chi connectivity index (χ2v) is 8.73. The number of morpholine rings is 1. The highest BCUT2D eigenvalue weighted by atomic mass is 16.5. The smallest absolute Gasteiger partial charge is 0.227 e. The number of hydrogen-bond donors (Lipinski definition) is 1. The van der Waals surface area contributed by atoms with Crippen LogP contribution >= 0.6 is 0 Å². The fourth-order valence-electron chi connectivity index (χ4n) is 4.51. The van der Waals surface area contributed by atoms with Crippen molar-refractivity contribution in [3.8, 4) is 0 Å². The van der Waals surface area contributed by atoms with E-state index in [-0.39, 0.29) is 36.4 Å². The van der Waals surface area contributed by atoms with E-state index in [0.29, 0.717) is 13.1 Å². The van der Waals surface area contributed by atoms with Crippen LogP contribution in [-0.2, 0) is 27.4 Å². The molecule has 2 heterocycles. The monoisotopic (exact) mass is 421 g/mol. The highest BCUT2D eigenvalue weighted by molar-refractivity contribution is 6.00. The van der Waals surface area contributed by atoms with Crippen LogP contribution in [0.5, 0.6) is 0 Å². The van der Waals surface area contributed by atoms with E-state index >= 15 is 0 Å². The van der Waals surface area contributed by atoms with Crippen molar-refractivity contribution < 1.29 is 14.3 Å². The van der Waals surface area contributed by atoms with Crippen LogP contribution in [0, 0.1) is 5.92 Å². The number of carbonyl (C=O) groups is 2. The van der Waals surface area contributed by atoms with E-state index in [1.165, 1.54) is 5.56 Å². The summed E-state index contributed by atoms with van der Waals surface area (Å²) >= 11 is 0. The molecule has 31 heavy (non-hydrogen) atoms. The number of amides is 2. The van der Waals surface area contributed by atoms with Crippen molar-refractivity contribution in [2.24, 2.45) is 5.92 Å². The van der Waals surface area contributed by atoms with E-state index in [9.17, 15) is 9.59 Å². The molecule has 3 atom stereocenters. The molecular formula is C25H31N3O3. The highest BCUT2D eigenvalue weighted by Gasteiger charge is 2.34. The molecule has 0 bridgehead atoms. The third-order valence-electron chi connectivity index (χ3n) is 5.95. The van der Waals surface area contributed by atoms with Crippen molar-refractivity contribution in [1.82, 2.24) is 10.2 Å². The fourth-order valence-corrected chi connectivity index (χ4v) is 4.51. The van der Waals surface area contributed by atoms with Gasteiger partial charge in [0.15, 0.2) is 0 Å². The second kappa shape index (κ2) is 9.62. The van der Waals surface area contributed by atoms with Gasteiger partial charge in [-0.3, -0.25) is 14.5 Å². The molecule has 0 aromatic heterocycles. The summed E-state index contributed by atoms with van der Waals surface area (Å²) in [5, 5.41) is 3.00. The van der Waals surface area contributed by atoms with Crippen LogP contribution in [0.3, 0.4) is 0 Å². The van der Waals surface area contributed by atoms with Crippen LogP contribution in [0.25, 0.3) is 0 Å². The average molecular weight is 422 g/mol. The van der Waals surface area contributed by atoms with Gasteiger partial charge in [-0.25, -0.2) is 0 Å². The molecule has 2 aromatic carbocycles. The average Bonchev–Trinajstić information content (AvgIpc) is 3.15. The molecule has 4 rings (SSSR count). The van der Waals surface area contributed by atoms with Crippen molar-refractivity contribution >= 4 is 17.5 Å². The molecule has 0 aliphatic carbocycles. The first-order chi connectivity index (χ1) is 15.0.